The maximum Gasteiger partial charge on any atom is 0.238 e. The van der Waals surface area contributed by atoms with Crippen LogP contribution in [0.5, 0.6) is 0 Å². The highest BCUT2D eigenvalue weighted by Gasteiger charge is 2.14. The largest absolute Gasteiger partial charge is 0.324 e. The van der Waals surface area contributed by atoms with Crippen molar-refractivity contribution < 1.29 is 4.79 Å². The van der Waals surface area contributed by atoms with Gasteiger partial charge in [0.25, 0.3) is 0 Å². The topological polar surface area (TPSA) is 44.4 Å². The molecule has 2 rings (SSSR count). The van der Waals surface area contributed by atoms with E-state index in [9.17, 15) is 4.79 Å². The summed E-state index contributed by atoms with van der Waals surface area (Å²) in [6.45, 7) is 6.27. The van der Waals surface area contributed by atoms with Gasteiger partial charge in [0.1, 0.15) is 0 Å². The summed E-state index contributed by atoms with van der Waals surface area (Å²) in [6, 6.07) is 5.92. The number of aryl methyl sites for hydroxylation is 1. The molecule has 114 valence electrons. The first-order valence-corrected chi connectivity index (χ1v) is 6.93. The lowest BCUT2D eigenvalue weighted by atomic mass is 10.2. The van der Waals surface area contributed by atoms with Gasteiger partial charge in [0.2, 0.25) is 5.91 Å². The lowest BCUT2D eigenvalue weighted by Crippen LogP contribution is -2.46. The average molecular weight is 385 g/mol. The summed E-state index contributed by atoms with van der Waals surface area (Å²) in [5.41, 5.74) is 2.00. The van der Waals surface area contributed by atoms with Gasteiger partial charge in [-0.05, 0) is 40.5 Å². The van der Waals surface area contributed by atoms with Gasteiger partial charge in [-0.2, -0.15) is 0 Å². The molecule has 1 amide bonds. The molecule has 0 saturated carbocycles. The van der Waals surface area contributed by atoms with Crippen LogP contribution in [-0.2, 0) is 4.79 Å². The lowest BCUT2D eigenvalue weighted by molar-refractivity contribution is -0.117. The third kappa shape index (κ3) is 5.97. The Morgan fingerprint density at radius 2 is 2.00 bits per heavy atom. The molecule has 2 N–H and O–H groups in total. The minimum absolute atomic E-state index is 0. The number of carbonyl (C=O) groups is 1. The van der Waals surface area contributed by atoms with E-state index < -0.39 is 0 Å². The molecule has 1 aromatic carbocycles. The van der Waals surface area contributed by atoms with Crippen LogP contribution in [0.25, 0.3) is 0 Å². The number of nitrogens with zero attached hydrogens (tertiary/aromatic N) is 1. The maximum atomic E-state index is 11.9. The molecule has 1 aliphatic rings. The van der Waals surface area contributed by atoms with E-state index in [1.807, 2.05) is 25.1 Å². The highest BCUT2D eigenvalue weighted by Crippen LogP contribution is 2.23. The van der Waals surface area contributed by atoms with Crippen LogP contribution in [0, 0.1) is 6.92 Å². The summed E-state index contributed by atoms with van der Waals surface area (Å²) < 4.78 is 0.927. The van der Waals surface area contributed by atoms with Crippen molar-refractivity contribution in [2.24, 2.45) is 0 Å². The number of amides is 1. The van der Waals surface area contributed by atoms with Crippen LogP contribution in [0.4, 0.5) is 5.69 Å². The summed E-state index contributed by atoms with van der Waals surface area (Å²) >= 11 is 3.46. The van der Waals surface area contributed by atoms with Crippen molar-refractivity contribution in [1.29, 1.82) is 0 Å². The van der Waals surface area contributed by atoms with Crippen molar-refractivity contribution in [2.45, 2.75) is 6.92 Å². The zero-order valence-corrected chi connectivity index (χ0v) is 14.5. The molecule has 0 bridgehead atoms. The Balaban J connectivity index is 0.00000180. The van der Waals surface area contributed by atoms with Crippen LogP contribution in [0.15, 0.2) is 22.7 Å². The van der Waals surface area contributed by atoms with E-state index in [2.05, 4.69) is 31.5 Å². The molecule has 0 radical (unpaired) electrons. The molecule has 0 unspecified atom stereocenters. The first-order valence-electron chi connectivity index (χ1n) is 6.14. The molecule has 1 saturated heterocycles. The van der Waals surface area contributed by atoms with E-state index in [-0.39, 0.29) is 30.7 Å². The molecule has 0 atom stereocenters. The van der Waals surface area contributed by atoms with E-state index in [0.29, 0.717) is 6.54 Å². The lowest BCUT2D eigenvalue weighted by Gasteiger charge is -2.26. The number of carbonyl (C=O) groups excluding carboxylic acids is 1. The van der Waals surface area contributed by atoms with Crippen LogP contribution in [0.2, 0.25) is 0 Å². The number of benzene rings is 1. The van der Waals surface area contributed by atoms with E-state index >= 15 is 0 Å². The molecule has 1 aromatic rings. The van der Waals surface area contributed by atoms with E-state index in [1.165, 1.54) is 5.56 Å². The van der Waals surface area contributed by atoms with Gasteiger partial charge in [-0.15, -0.1) is 24.8 Å². The highest BCUT2D eigenvalue weighted by atomic mass is 79.9. The normalized spacial score (nSPS) is 14.9. The molecule has 1 aliphatic heterocycles. The van der Waals surface area contributed by atoms with Crippen LogP contribution in [-0.4, -0.2) is 43.5 Å². The van der Waals surface area contributed by atoms with Crippen LogP contribution in [0.3, 0.4) is 0 Å². The van der Waals surface area contributed by atoms with Crippen LogP contribution < -0.4 is 10.6 Å². The fourth-order valence-electron chi connectivity index (χ4n) is 1.98. The summed E-state index contributed by atoms with van der Waals surface area (Å²) in [6.07, 6.45) is 0. The minimum Gasteiger partial charge on any atom is -0.324 e. The summed E-state index contributed by atoms with van der Waals surface area (Å²) in [5, 5.41) is 6.21. The predicted molar refractivity (Wildman–Crippen MR) is 91.3 cm³/mol. The van der Waals surface area contributed by atoms with Gasteiger partial charge >= 0.3 is 0 Å². The fraction of sp³-hybridized carbons (Fsp3) is 0.462. The highest BCUT2D eigenvalue weighted by molar-refractivity contribution is 9.10. The van der Waals surface area contributed by atoms with Crippen molar-refractivity contribution in [1.82, 2.24) is 10.2 Å². The third-order valence-electron chi connectivity index (χ3n) is 2.98. The van der Waals surface area contributed by atoms with E-state index in [4.69, 9.17) is 0 Å². The molecule has 0 spiro atoms. The van der Waals surface area contributed by atoms with Crippen molar-refractivity contribution in [3.63, 3.8) is 0 Å². The van der Waals surface area contributed by atoms with Gasteiger partial charge in [0.05, 0.1) is 12.2 Å². The van der Waals surface area contributed by atoms with Crippen molar-refractivity contribution in [2.75, 3.05) is 38.0 Å². The molecule has 4 nitrogen and oxygen atoms in total. The number of nitrogens with one attached hydrogen (secondary N) is 2. The first-order chi connectivity index (χ1) is 8.65. The molecule has 7 heteroatoms. The van der Waals surface area contributed by atoms with Crippen molar-refractivity contribution in [3.05, 3.63) is 28.2 Å². The first kappa shape index (κ1) is 19.7. The Morgan fingerprint density at radius 3 is 2.60 bits per heavy atom. The van der Waals surface area contributed by atoms with Gasteiger partial charge in [-0.3, -0.25) is 9.69 Å². The molecule has 1 heterocycles. The number of rotatable bonds is 3. The van der Waals surface area contributed by atoms with E-state index in [0.717, 1.165) is 36.3 Å². The number of hydrogen-bond acceptors (Lipinski definition) is 3. The second-order valence-corrected chi connectivity index (χ2v) is 5.41. The summed E-state index contributed by atoms with van der Waals surface area (Å²) in [7, 11) is 0. The predicted octanol–water partition coefficient (Wildman–Crippen LogP) is 2.44. The van der Waals surface area contributed by atoms with Gasteiger partial charge in [-0.1, -0.05) is 6.07 Å². The monoisotopic (exact) mass is 383 g/mol. The fourth-order valence-corrected chi connectivity index (χ4v) is 2.58. The molecule has 1 fully saturated rings. The second kappa shape index (κ2) is 9.58. The molecular formula is C13H20BrCl2N3O. The van der Waals surface area contributed by atoms with Crippen LogP contribution >= 0.6 is 40.7 Å². The van der Waals surface area contributed by atoms with E-state index in [1.54, 1.807) is 0 Å². The zero-order chi connectivity index (χ0) is 13.0. The number of piperazine rings is 1. The maximum absolute atomic E-state index is 11.9. The van der Waals surface area contributed by atoms with Gasteiger partial charge in [0, 0.05) is 30.7 Å². The SMILES string of the molecule is Cc1ccc(NC(=O)CN2CCNCC2)c(Br)c1.Cl.Cl. The van der Waals surface area contributed by atoms with Crippen molar-refractivity contribution >= 4 is 52.3 Å². The van der Waals surface area contributed by atoms with Gasteiger partial charge in [0.15, 0.2) is 0 Å². The summed E-state index contributed by atoms with van der Waals surface area (Å²) in [5.74, 6) is 0.0430. The number of anilines is 1. The number of halogens is 3. The Hall–Kier alpha value is -0.330. The molecule has 0 aromatic heterocycles. The smallest absolute Gasteiger partial charge is 0.238 e. The van der Waals surface area contributed by atoms with Crippen molar-refractivity contribution in [3.8, 4) is 0 Å². The average Bonchev–Trinajstić information content (AvgIpc) is 2.34. The molecular weight excluding hydrogens is 365 g/mol. The quantitative estimate of drug-likeness (QED) is 0.841. The summed E-state index contributed by atoms with van der Waals surface area (Å²) in [4.78, 5) is 14.1. The third-order valence-corrected chi connectivity index (χ3v) is 3.63. The van der Waals surface area contributed by atoms with Gasteiger partial charge in [-0.25, -0.2) is 0 Å². The minimum atomic E-state index is 0. The Morgan fingerprint density at radius 1 is 1.35 bits per heavy atom. The molecule has 0 aliphatic carbocycles. The second-order valence-electron chi connectivity index (χ2n) is 4.56. The Bertz CT molecular complexity index is 440. The van der Waals surface area contributed by atoms with Crippen LogP contribution in [0.1, 0.15) is 5.56 Å². The molecule has 20 heavy (non-hydrogen) atoms. The zero-order valence-electron chi connectivity index (χ0n) is 11.3. The van der Waals surface area contributed by atoms with Gasteiger partial charge < -0.3 is 10.6 Å². The number of hydrogen-bond donors (Lipinski definition) is 2. The standard InChI is InChI=1S/C13H18BrN3O.2ClH/c1-10-2-3-12(11(14)8-10)16-13(18)9-17-6-4-15-5-7-17;;/h2-3,8,15H,4-7,9H2,1H3,(H,16,18);2*1H. The Labute approximate surface area is 140 Å². The Kier molecular flexibility index (Phi) is 9.42.